The zero-order chi connectivity index (χ0) is 15.4. The Bertz CT molecular complexity index is 492. The predicted octanol–water partition coefficient (Wildman–Crippen LogP) is 2.10. The molecule has 5 nitrogen and oxygen atoms in total. The van der Waals surface area contributed by atoms with Crippen LogP contribution in [-0.2, 0) is 0 Å². The molecule has 0 saturated carbocycles. The molecule has 1 aliphatic rings. The van der Waals surface area contributed by atoms with Crippen LogP contribution in [0.1, 0.15) is 44.0 Å². The lowest BCUT2D eigenvalue weighted by molar-refractivity contribution is 0.0248. The second-order valence-electron chi connectivity index (χ2n) is 5.80. The molecule has 0 unspecified atom stereocenters. The van der Waals surface area contributed by atoms with Crippen LogP contribution in [-0.4, -0.2) is 46.2 Å². The van der Waals surface area contributed by atoms with Crippen molar-refractivity contribution in [3.05, 3.63) is 23.9 Å². The number of carbonyl (C=O) groups excluding carboxylic acids is 1. The Balaban J connectivity index is 2.07. The molecule has 0 spiro atoms. The summed E-state index contributed by atoms with van der Waals surface area (Å²) in [5.74, 6) is 0.647. The van der Waals surface area contributed by atoms with E-state index in [0.717, 1.165) is 12.8 Å². The summed E-state index contributed by atoms with van der Waals surface area (Å²) in [5, 5.41) is 9.92. The van der Waals surface area contributed by atoms with Gasteiger partial charge < -0.3 is 14.7 Å². The van der Waals surface area contributed by atoms with E-state index in [2.05, 4.69) is 4.98 Å². The summed E-state index contributed by atoms with van der Waals surface area (Å²) in [6.45, 7) is 7.09. The minimum atomic E-state index is -0.444. The molecule has 1 aliphatic heterocycles. The number of piperidine rings is 1. The Kier molecular flexibility index (Phi) is 5.17. The Hall–Kier alpha value is -1.62. The largest absolute Gasteiger partial charge is 0.475 e. The SMILES string of the molecule is CC[C@H](C)Oc1cc(C(=O)N2CC[C@@H](C)[C@H](O)C2)ccn1. The number of rotatable bonds is 4. The molecule has 0 bridgehead atoms. The van der Waals surface area contributed by atoms with Gasteiger partial charge in [-0.3, -0.25) is 4.79 Å². The number of hydrogen-bond acceptors (Lipinski definition) is 4. The van der Waals surface area contributed by atoms with Crippen LogP contribution in [0.5, 0.6) is 5.88 Å². The number of aliphatic hydroxyl groups is 1. The van der Waals surface area contributed by atoms with Crippen LogP contribution < -0.4 is 4.74 Å². The van der Waals surface area contributed by atoms with Crippen molar-refractivity contribution < 1.29 is 14.6 Å². The Labute approximate surface area is 125 Å². The average Bonchev–Trinajstić information content (AvgIpc) is 2.49. The summed E-state index contributed by atoms with van der Waals surface area (Å²) in [4.78, 5) is 18.3. The van der Waals surface area contributed by atoms with Crippen molar-refractivity contribution in [2.75, 3.05) is 13.1 Å². The van der Waals surface area contributed by atoms with E-state index in [-0.39, 0.29) is 17.9 Å². The first-order chi connectivity index (χ1) is 10.0. The number of amides is 1. The maximum atomic E-state index is 12.5. The van der Waals surface area contributed by atoms with Crippen molar-refractivity contribution in [2.24, 2.45) is 5.92 Å². The van der Waals surface area contributed by atoms with Crippen LogP contribution in [0.25, 0.3) is 0 Å². The molecular weight excluding hydrogens is 268 g/mol. The molecule has 1 aromatic rings. The zero-order valence-electron chi connectivity index (χ0n) is 13.0. The van der Waals surface area contributed by atoms with Gasteiger partial charge in [-0.05, 0) is 31.7 Å². The molecule has 0 aliphatic carbocycles. The van der Waals surface area contributed by atoms with Crippen LogP contribution >= 0.6 is 0 Å². The standard InChI is InChI=1S/C16H24N2O3/c1-4-12(3)21-15-9-13(5-7-17-15)16(20)18-8-6-11(2)14(19)10-18/h5,7,9,11-12,14,19H,4,6,8,10H2,1-3H3/t11-,12+,14-/m1/s1. The highest BCUT2D eigenvalue weighted by Gasteiger charge is 2.28. The Morgan fingerprint density at radius 2 is 2.38 bits per heavy atom. The van der Waals surface area contributed by atoms with Gasteiger partial charge in [0, 0.05) is 30.9 Å². The summed E-state index contributed by atoms with van der Waals surface area (Å²) in [6.07, 6.45) is 2.93. The molecule has 116 valence electrons. The van der Waals surface area contributed by atoms with E-state index in [1.165, 1.54) is 0 Å². The van der Waals surface area contributed by atoms with Crippen molar-refractivity contribution in [3.63, 3.8) is 0 Å². The number of aromatic nitrogens is 1. The summed E-state index contributed by atoms with van der Waals surface area (Å²) in [6, 6.07) is 3.37. The molecule has 1 fully saturated rings. The van der Waals surface area contributed by atoms with Crippen molar-refractivity contribution in [1.82, 2.24) is 9.88 Å². The summed E-state index contributed by atoms with van der Waals surface area (Å²) < 4.78 is 5.65. The second kappa shape index (κ2) is 6.89. The highest BCUT2D eigenvalue weighted by molar-refractivity contribution is 5.94. The first-order valence-corrected chi connectivity index (χ1v) is 7.61. The lowest BCUT2D eigenvalue weighted by Crippen LogP contribution is -2.45. The smallest absolute Gasteiger partial charge is 0.254 e. The highest BCUT2D eigenvalue weighted by atomic mass is 16.5. The van der Waals surface area contributed by atoms with Crippen LogP contribution in [0.3, 0.4) is 0 Å². The topological polar surface area (TPSA) is 62.7 Å². The third-order valence-electron chi connectivity index (χ3n) is 4.08. The van der Waals surface area contributed by atoms with Gasteiger partial charge in [-0.2, -0.15) is 0 Å². The number of pyridine rings is 1. The monoisotopic (exact) mass is 292 g/mol. The second-order valence-corrected chi connectivity index (χ2v) is 5.80. The number of β-amino-alcohol motifs (C(OH)–C–C–N with tert-alkyl or cyclic N) is 1. The van der Waals surface area contributed by atoms with Gasteiger partial charge in [0.2, 0.25) is 5.88 Å². The molecular formula is C16H24N2O3. The fourth-order valence-corrected chi connectivity index (χ4v) is 2.31. The molecule has 0 aromatic carbocycles. The summed E-state index contributed by atoms with van der Waals surface area (Å²) in [7, 11) is 0. The van der Waals surface area contributed by atoms with E-state index in [1.807, 2.05) is 20.8 Å². The van der Waals surface area contributed by atoms with Crippen molar-refractivity contribution >= 4 is 5.91 Å². The number of hydrogen-bond donors (Lipinski definition) is 1. The van der Waals surface area contributed by atoms with E-state index in [1.54, 1.807) is 23.2 Å². The van der Waals surface area contributed by atoms with E-state index in [4.69, 9.17) is 4.74 Å². The van der Waals surface area contributed by atoms with Gasteiger partial charge >= 0.3 is 0 Å². The van der Waals surface area contributed by atoms with Gasteiger partial charge in [-0.15, -0.1) is 0 Å². The number of nitrogens with zero attached hydrogens (tertiary/aromatic N) is 2. The van der Waals surface area contributed by atoms with Crippen LogP contribution in [0.15, 0.2) is 18.3 Å². The summed E-state index contributed by atoms with van der Waals surface area (Å²) >= 11 is 0. The lowest BCUT2D eigenvalue weighted by atomic mass is 9.95. The minimum Gasteiger partial charge on any atom is -0.475 e. The van der Waals surface area contributed by atoms with Gasteiger partial charge in [-0.25, -0.2) is 4.98 Å². The molecule has 1 amide bonds. The Morgan fingerprint density at radius 1 is 1.62 bits per heavy atom. The van der Waals surface area contributed by atoms with Crippen LogP contribution in [0, 0.1) is 5.92 Å². The quantitative estimate of drug-likeness (QED) is 0.923. The molecule has 0 radical (unpaired) electrons. The van der Waals surface area contributed by atoms with Crippen LogP contribution in [0.4, 0.5) is 0 Å². The van der Waals surface area contributed by atoms with E-state index in [9.17, 15) is 9.90 Å². The van der Waals surface area contributed by atoms with Crippen molar-refractivity contribution in [2.45, 2.75) is 45.8 Å². The number of likely N-dealkylation sites (tertiary alicyclic amines) is 1. The summed E-state index contributed by atoms with van der Waals surface area (Å²) in [5.41, 5.74) is 0.560. The molecule has 3 atom stereocenters. The minimum absolute atomic E-state index is 0.0699. The molecule has 2 rings (SSSR count). The third-order valence-corrected chi connectivity index (χ3v) is 4.08. The van der Waals surface area contributed by atoms with E-state index < -0.39 is 6.10 Å². The molecule has 1 saturated heterocycles. The van der Waals surface area contributed by atoms with Crippen molar-refractivity contribution in [1.29, 1.82) is 0 Å². The molecule has 2 heterocycles. The maximum Gasteiger partial charge on any atom is 0.254 e. The first-order valence-electron chi connectivity index (χ1n) is 7.61. The van der Waals surface area contributed by atoms with Gasteiger partial charge in [0.25, 0.3) is 5.91 Å². The molecule has 1 aromatic heterocycles. The van der Waals surface area contributed by atoms with E-state index in [0.29, 0.717) is 24.5 Å². The van der Waals surface area contributed by atoms with Gasteiger partial charge in [0.1, 0.15) is 0 Å². The van der Waals surface area contributed by atoms with Gasteiger partial charge in [-0.1, -0.05) is 13.8 Å². The maximum absolute atomic E-state index is 12.5. The third kappa shape index (κ3) is 3.94. The number of ether oxygens (including phenoxy) is 1. The van der Waals surface area contributed by atoms with Crippen molar-refractivity contribution in [3.8, 4) is 5.88 Å². The Morgan fingerprint density at radius 3 is 3.05 bits per heavy atom. The van der Waals surface area contributed by atoms with Gasteiger partial charge in [0.15, 0.2) is 0 Å². The zero-order valence-corrected chi connectivity index (χ0v) is 13.0. The fourth-order valence-electron chi connectivity index (χ4n) is 2.31. The van der Waals surface area contributed by atoms with Gasteiger partial charge in [0.05, 0.1) is 12.2 Å². The molecule has 1 N–H and O–H groups in total. The average molecular weight is 292 g/mol. The normalized spacial score (nSPS) is 23.7. The van der Waals surface area contributed by atoms with Crippen LogP contribution in [0.2, 0.25) is 0 Å². The number of aliphatic hydroxyl groups excluding tert-OH is 1. The predicted molar refractivity (Wildman–Crippen MR) is 80.3 cm³/mol. The fraction of sp³-hybridized carbons (Fsp3) is 0.625. The van der Waals surface area contributed by atoms with E-state index >= 15 is 0 Å². The lowest BCUT2D eigenvalue weighted by Gasteiger charge is -2.34. The first kappa shape index (κ1) is 15.8. The number of carbonyl (C=O) groups is 1. The molecule has 21 heavy (non-hydrogen) atoms. The molecule has 5 heteroatoms. The highest BCUT2D eigenvalue weighted by Crippen LogP contribution is 2.20.